The Morgan fingerprint density at radius 3 is 2.50 bits per heavy atom. The molecule has 1 aromatic rings. The molecule has 0 saturated carbocycles. The molecule has 1 rings (SSSR count). The van der Waals surface area contributed by atoms with Gasteiger partial charge >= 0.3 is 0 Å². The predicted octanol–water partition coefficient (Wildman–Crippen LogP) is 2.38. The van der Waals surface area contributed by atoms with E-state index in [1.807, 2.05) is 20.8 Å². The molecule has 0 aliphatic carbocycles. The van der Waals surface area contributed by atoms with Crippen LogP contribution in [-0.2, 0) is 15.6 Å². The van der Waals surface area contributed by atoms with Crippen LogP contribution in [0.25, 0.3) is 0 Å². The van der Waals surface area contributed by atoms with E-state index in [1.165, 1.54) is 0 Å². The molecule has 0 saturated heterocycles. The smallest absolute Gasteiger partial charge is 0.236 e. The quantitative estimate of drug-likeness (QED) is 0.792. The van der Waals surface area contributed by atoms with E-state index in [1.54, 1.807) is 25.1 Å². The number of rotatable bonds is 6. The second-order valence-corrected chi connectivity index (χ2v) is 6.67. The standard InChI is InChI=1S/C15H24N2O2S/c1-5-12(6-2)17-15(18)11(4)20(19)14-9-7-8-13(16)10(14)3/h7-9,11-12H,5-6,16H2,1-4H3,(H,17,18). The fourth-order valence-corrected chi connectivity index (χ4v) is 3.22. The van der Waals surface area contributed by atoms with E-state index in [9.17, 15) is 9.00 Å². The molecule has 20 heavy (non-hydrogen) atoms. The Bertz CT molecular complexity index is 499. The summed E-state index contributed by atoms with van der Waals surface area (Å²) in [4.78, 5) is 12.8. The summed E-state index contributed by atoms with van der Waals surface area (Å²) in [5.74, 6) is -0.168. The number of nitrogen functional groups attached to an aromatic ring is 1. The van der Waals surface area contributed by atoms with Crippen LogP contribution >= 0.6 is 0 Å². The predicted molar refractivity (Wildman–Crippen MR) is 84.0 cm³/mol. The van der Waals surface area contributed by atoms with Crippen molar-refractivity contribution in [1.29, 1.82) is 0 Å². The lowest BCUT2D eigenvalue weighted by molar-refractivity contribution is -0.121. The molecule has 0 fully saturated rings. The monoisotopic (exact) mass is 296 g/mol. The zero-order valence-electron chi connectivity index (χ0n) is 12.6. The summed E-state index contributed by atoms with van der Waals surface area (Å²) >= 11 is 0. The van der Waals surface area contributed by atoms with Gasteiger partial charge in [-0.2, -0.15) is 0 Å². The Hall–Kier alpha value is -1.36. The SMILES string of the molecule is CCC(CC)NC(=O)C(C)S(=O)c1cccc(N)c1C. The molecule has 1 aromatic carbocycles. The Labute approximate surface area is 123 Å². The molecule has 0 aliphatic heterocycles. The summed E-state index contributed by atoms with van der Waals surface area (Å²) in [6.45, 7) is 7.57. The van der Waals surface area contributed by atoms with E-state index in [2.05, 4.69) is 5.32 Å². The molecule has 0 aromatic heterocycles. The van der Waals surface area contributed by atoms with Crippen molar-refractivity contribution in [1.82, 2.24) is 5.32 Å². The van der Waals surface area contributed by atoms with Gasteiger partial charge in [0.2, 0.25) is 5.91 Å². The Morgan fingerprint density at radius 2 is 1.95 bits per heavy atom. The first-order valence-electron chi connectivity index (χ1n) is 6.98. The molecule has 112 valence electrons. The van der Waals surface area contributed by atoms with E-state index >= 15 is 0 Å². The first-order chi connectivity index (χ1) is 9.42. The summed E-state index contributed by atoms with van der Waals surface area (Å²) in [7, 11) is -1.39. The Morgan fingerprint density at radius 1 is 1.35 bits per heavy atom. The van der Waals surface area contributed by atoms with Crippen molar-refractivity contribution < 1.29 is 9.00 Å². The average Bonchev–Trinajstić information content (AvgIpc) is 2.45. The highest BCUT2D eigenvalue weighted by Crippen LogP contribution is 2.21. The highest BCUT2D eigenvalue weighted by Gasteiger charge is 2.24. The summed E-state index contributed by atoms with van der Waals surface area (Å²) < 4.78 is 12.5. The summed E-state index contributed by atoms with van der Waals surface area (Å²) in [6, 6.07) is 5.44. The topological polar surface area (TPSA) is 72.2 Å². The lowest BCUT2D eigenvalue weighted by Gasteiger charge is -2.19. The zero-order valence-corrected chi connectivity index (χ0v) is 13.4. The van der Waals surface area contributed by atoms with Crippen molar-refractivity contribution in [2.45, 2.75) is 56.7 Å². The molecule has 1 amide bonds. The largest absolute Gasteiger partial charge is 0.398 e. The van der Waals surface area contributed by atoms with Gasteiger partial charge in [0.25, 0.3) is 0 Å². The van der Waals surface area contributed by atoms with Gasteiger partial charge in [0.1, 0.15) is 5.25 Å². The van der Waals surface area contributed by atoms with Crippen LogP contribution in [0.5, 0.6) is 0 Å². The maximum Gasteiger partial charge on any atom is 0.236 e. The molecular weight excluding hydrogens is 272 g/mol. The maximum atomic E-state index is 12.5. The number of hydrogen-bond acceptors (Lipinski definition) is 3. The molecule has 5 heteroatoms. The van der Waals surface area contributed by atoms with Gasteiger partial charge in [-0.15, -0.1) is 0 Å². The fraction of sp³-hybridized carbons (Fsp3) is 0.533. The molecule has 0 spiro atoms. The van der Waals surface area contributed by atoms with Gasteiger partial charge in [-0.3, -0.25) is 9.00 Å². The minimum absolute atomic E-state index is 0.142. The summed E-state index contributed by atoms with van der Waals surface area (Å²) in [5, 5.41) is 2.35. The Balaban J connectivity index is 2.86. The van der Waals surface area contributed by atoms with Crippen LogP contribution < -0.4 is 11.1 Å². The summed E-state index contributed by atoms with van der Waals surface area (Å²) in [5.41, 5.74) is 7.21. The lowest BCUT2D eigenvalue weighted by Crippen LogP contribution is -2.41. The molecule has 2 unspecified atom stereocenters. The van der Waals surface area contributed by atoms with Gasteiger partial charge in [-0.05, 0) is 44.4 Å². The third kappa shape index (κ3) is 3.82. The van der Waals surface area contributed by atoms with Crippen molar-refractivity contribution in [3.05, 3.63) is 23.8 Å². The summed E-state index contributed by atoms with van der Waals surface area (Å²) in [6.07, 6.45) is 1.75. The minimum atomic E-state index is -1.39. The number of benzene rings is 1. The van der Waals surface area contributed by atoms with Crippen LogP contribution in [0.2, 0.25) is 0 Å². The molecular formula is C15H24N2O2S. The molecule has 2 atom stereocenters. The van der Waals surface area contributed by atoms with E-state index in [-0.39, 0.29) is 11.9 Å². The molecule has 0 radical (unpaired) electrons. The van der Waals surface area contributed by atoms with Crippen LogP contribution in [0, 0.1) is 6.92 Å². The van der Waals surface area contributed by atoms with Crippen molar-refractivity contribution in [3.8, 4) is 0 Å². The van der Waals surface area contributed by atoms with Crippen LogP contribution in [0.3, 0.4) is 0 Å². The first kappa shape index (κ1) is 16.7. The third-order valence-corrected chi connectivity index (χ3v) is 5.30. The van der Waals surface area contributed by atoms with Crippen LogP contribution in [0.4, 0.5) is 5.69 Å². The normalized spacial score (nSPS) is 14.1. The molecule has 4 nitrogen and oxygen atoms in total. The molecule has 3 N–H and O–H groups in total. The van der Waals surface area contributed by atoms with Crippen molar-refractivity contribution >= 4 is 22.4 Å². The lowest BCUT2D eigenvalue weighted by atomic mass is 10.2. The fourth-order valence-electron chi connectivity index (χ4n) is 1.95. The van der Waals surface area contributed by atoms with E-state index in [0.717, 1.165) is 18.4 Å². The second kappa shape index (κ2) is 7.43. The number of carbonyl (C=O) groups is 1. The highest BCUT2D eigenvalue weighted by atomic mass is 32.2. The molecule has 0 aliphatic rings. The maximum absolute atomic E-state index is 12.5. The number of nitrogens with two attached hydrogens (primary N) is 1. The number of amides is 1. The van der Waals surface area contributed by atoms with Crippen molar-refractivity contribution in [3.63, 3.8) is 0 Å². The number of anilines is 1. The first-order valence-corrected chi connectivity index (χ1v) is 8.19. The highest BCUT2D eigenvalue weighted by molar-refractivity contribution is 7.86. The van der Waals surface area contributed by atoms with Crippen LogP contribution in [0.15, 0.2) is 23.1 Å². The van der Waals surface area contributed by atoms with Crippen molar-refractivity contribution in [2.75, 3.05) is 5.73 Å². The van der Waals surface area contributed by atoms with Crippen LogP contribution in [0.1, 0.15) is 39.2 Å². The van der Waals surface area contributed by atoms with E-state index in [4.69, 9.17) is 5.73 Å². The zero-order chi connectivity index (χ0) is 15.3. The van der Waals surface area contributed by atoms with Crippen LogP contribution in [-0.4, -0.2) is 21.4 Å². The van der Waals surface area contributed by atoms with Gasteiger partial charge in [-0.1, -0.05) is 19.9 Å². The average molecular weight is 296 g/mol. The second-order valence-electron chi connectivity index (χ2n) is 4.93. The molecule has 0 bridgehead atoms. The number of nitrogens with one attached hydrogen (secondary N) is 1. The third-order valence-electron chi connectivity index (χ3n) is 3.57. The van der Waals surface area contributed by atoms with Gasteiger partial charge in [0, 0.05) is 16.6 Å². The van der Waals surface area contributed by atoms with Gasteiger partial charge < -0.3 is 11.1 Å². The Kier molecular flexibility index (Phi) is 6.20. The van der Waals surface area contributed by atoms with Gasteiger partial charge in [0.05, 0.1) is 10.8 Å². The minimum Gasteiger partial charge on any atom is -0.398 e. The number of hydrogen-bond donors (Lipinski definition) is 2. The number of carbonyl (C=O) groups excluding carboxylic acids is 1. The molecule has 0 heterocycles. The van der Waals surface area contributed by atoms with Gasteiger partial charge in [0.15, 0.2) is 0 Å². The van der Waals surface area contributed by atoms with E-state index in [0.29, 0.717) is 10.6 Å². The van der Waals surface area contributed by atoms with Crippen molar-refractivity contribution in [2.24, 2.45) is 0 Å². The van der Waals surface area contributed by atoms with Gasteiger partial charge in [-0.25, -0.2) is 0 Å². The van der Waals surface area contributed by atoms with E-state index < -0.39 is 16.0 Å².